The van der Waals surface area contributed by atoms with Gasteiger partial charge in [0, 0.05) is 53.4 Å². The van der Waals surface area contributed by atoms with Crippen LogP contribution < -0.4 is 53.2 Å². The van der Waals surface area contributed by atoms with Gasteiger partial charge >= 0.3 is 0 Å². The summed E-state index contributed by atoms with van der Waals surface area (Å²) < 4.78 is 83.7. The molecule has 10 amide bonds. The van der Waals surface area contributed by atoms with E-state index in [2.05, 4.69) is 67.0 Å². The predicted molar refractivity (Wildman–Crippen MR) is 480 cm³/mol. The van der Waals surface area contributed by atoms with Gasteiger partial charge in [0.05, 0.1) is 139 Å². The Kier molecular flexibility index (Phi) is 70.6. The topological polar surface area (TPSA) is 612 Å². The molecule has 0 saturated carbocycles. The lowest BCUT2D eigenvalue weighted by Crippen LogP contribution is -2.64. The highest BCUT2D eigenvalue weighted by Crippen LogP contribution is 2.26. The van der Waals surface area contributed by atoms with Crippen LogP contribution in [-0.2, 0) is 119 Å². The van der Waals surface area contributed by atoms with Crippen molar-refractivity contribution in [2.75, 3.05) is 185 Å². The summed E-state index contributed by atoms with van der Waals surface area (Å²) in [6, 6.07) is -6.95. The van der Waals surface area contributed by atoms with Crippen LogP contribution in [0.3, 0.4) is 0 Å². The van der Waals surface area contributed by atoms with Crippen LogP contribution in [0.5, 0.6) is 0 Å². The van der Waals surface area contributed by atoms with Gasteiger partial charge in [-0.2, -0.15) is 0 Å². The van der Waals surface area contributed by atoms with Gasteiger partial charge < -0.3 is 170 Å². The number of hydrogen-bond donors (Lipinski definition) is 19. The Morgan fingerprint density at radius 3 is 0.850 bits per heavy atom. The molecular weight excluding hydrogens is 1750 g/mol. The molecular formula is C89H164N10O34. The number of carbonyl (C=O) groups is 10. The molecule has 44 nitrogen and oxygen atoms in total. The number of nitrogens with one attached hydrogen (secondary N) is 10. The van der Waals surface area contributed by atoms with Crippen molar-refractivity contribution in [3.05, 3.63) is 0 Å². The molecule has 774 valence electrons. The molecule has 3 rings (SSSR count). The van der Waals surface area contributed by atoms with Gasteiger partial charge in [-0.05, 0) is 70.6 Å². The van der Waals surface area contributed by atoms with Gasteiger partial charge in [-0.15, -0.1) is 0 Å². The third-order valence-electron chi connectivity index (χ3n) is 21.9. The third-order valence-corrected chi connectivity index (χ3v) is 21.9. The molecule has 133 heavy (non-hydrogen) atoms. The number of carbonyl (C=O) groups excluding carboxylic acids is 10. The van der Waals surface area contributed by atoms with E-state index in [0.29, 0.717) is 51.6 Å². The van der Waals surface area contributed by atoms with Gasteiger partial charge in [0.2, 0.25) is 59.1 Å². The zero-order valence-electron chi connectivity index (χ0n) is 79.2. The summed E-state index contributed by atoms with van der Waals surface area (Å²) in [7, 11) is 0. The van der Waals surface area contributed by atoms with Crippen LogP contribution in [-0.4, -0.2) is 400 Å². The van der Waals surface area contributed by atoms with E-state index in [-0.39, 0.29) is 183 Å². The highest BCUT2D eigenvalue weighted by Gasteiger charge is 2.48. The maximum absolute atomic E-state index is 14.8. The SMILES string of the molecule is CCCCCCCCCCCCCCCC(=O)NCCCC[C@H](NC(=O)[C@H](CCCCNC(=O)COCCOCCOCCO[C@@H]1O[C@H](CO)[C@H](O)[C@H](O)[C@H]1NC(C)=O)NC(=O)[C@H](CCCCNC(=O)COCCOCCOCCO[C@@H]1O[C@H](CO)[C@H](O)[C@H](O)[C@H]1NC(C)=O)NC(=O)COCCOCCOCCO[C@@H]1O[C@H](CO)[C@H](O)[C@H](O)[C@H]1NC(C)=O)C(=O)NCCCCCCC. The largest absolute Gasteiger partial charge is 0.394 e. The highest BCUT2D eigenvalue weighted by atomic mass is 16.7. The van der Waals surface area contributed by atoms with Gasteiger partial charge in [0.25, 0.3) is 0 Å². The van der Waals surface area contributed by atoms with Gasteiger partial charge in [-0.25, -0.2) is 0 Å². The average Bonchev–Trinajstić information content (AvgIpc) is 0.820. The second-order valence-electron chi connectivity index (χ2n) is 33.2. The Morgan fingerprint density at radius 2 is 0.534 bits per heavy atom. The maximum Gasteiger partial charge on any atom is 0.246 e. The van der Waals surface area contributed by atoms with E-state index in [1.54, 1.807) is 0 Å². The van der Waals surface area contributed by atoms with Gasteiger partial charge in [0.15, 0.2) is 18.9 Å². The molecule has 0 aromatic carbocycles. The van der Waals surface area contributed by atoms with Crippen molar-refractivity contribution >= 4 is 59.1 Å². The first-order chi connectivity index (χ1) is 64.3. The molecule has 3 heterocycles. The fraction of sp³-hybridized carbons (Fsp3) is 0.888. The number of amides is 10. The fourth-order valence-corrected chi connectivity index (χ4v) is 14.6. The number of ether oxygens (including phenoxy) is 15. The molecule has 3 aliphatic heterocycles. The van der Waals surface area contributed by atoms with E-state index < -0.39 is 190 Å². The minimum Gasteiger partial charge on any atom is -0.394 e. The number of rotatable bonds is 83. The van der Waals surface area contributed by atoms with E-state index in [0.717, 1.165) is 51.4 Å². The van der Waals surface area contributed by atoms with Crippen molar-refractivity contribution in [3.63, 3.8) is 0 Å². The Morgan fingerprint density at radius 1 is 0.278 bits per heavy atom. The average molecular weight is 1920 g/mol. The van der Waals surface area contributed by atoms with Crippen LogP contribution >= 0.6 is 0 Å². The van der Waals surface area contributed by atoms with Crippen molar-refractivity contribution in [1.82, 2.24) is 53.2 Å². The maximum atomic E-state index is 14.8. The normalized spacial score (nSPS) is 22.5. The first-order valence-electron chi connectivity index (χ1n) is 48.0. The molecule has 3 fully saturated rings. The number of hydrogen-bond acceptors (Lipinski definition) is 34. The van der Waals surface area contributed by atoms with E-state index in [4.69, 9.17) is 71.1 Å². The molecule has 0 aromatic heterocycles. The molecule has 18 atom stereocenters. The first kappa shape index (κ1) is 121. The summed E-state index contributed by atoms with van der Waals surface area (Å²) in [5.74, 6) is -5.01. The molecule has 0 unspecified atom stereocenters. The summed E-state index contributed by atoms with van der Waals surface area (Å²) in [4.78, 5) is 132. The fourth-order valence-electron chi connectivity index (χ4n) is 14.6. The number of unbranched alkanes of at least 4 members (excludes halogenated alkanes) is 19. The Hall–Kier alpha value is -6.26. The zero-order valence-corrected chi connectivity index (χ0v) is 79.2. The zero-order chi connectivity index (χ0) is 97.4. The van der Waals surface area contributed by atoms with Crippen molar-refractivity contribution in [2.24, 2.45) is 0 Å². The molecule has 19 N–H and O–H groups in total. The number of aliphatic hydroxyl groups is 9. The lowest BCUT2D eigenvalue weighted by Gasteiger charge is -2.42. The first-order valence-corrected chi connectivity index (χ1v) is 48.0. The highest BCUT2D eigenvalue weighted by molar-refractivity contribution is 5.94. The minimum atomic E-state index is -1.49. The van der Waals surface area contributed by atoms with Gasteiger partial charge in [-0.1, -0.05) is 117 Å². The van der Waals surface area contributed by atoms with Crippen molar-refractivity contribution in [2.45, 2.75) is 324 Å². The Balaban J connectivity index is 1.68. The van der Waals surface area contributed by atoms with Crippen molar-refractivity contribution in [3.8, 4) is 0 Å². The van der Waals surface area contributed by atoms with E-state index >= 15 is 0 Å². The minimum absolute atomic E-state index is 0.00525. The van der Waals surface area contributed by atoms with E-state index in [9.17, 15) is 93.9 Å². The van der Waals surface area contributed by atoms with Crippen LogP contribution in [0.4, 0.5) is 0 Å². The molecule has 3 aliphatic rings. The second kappa shape index (κ2) is 77.6. The van der Waals surface area contributed by atoms with Crippen LogP contribution in [0, 0.1) is 0 Å². The molecule has 0 aromatic rings. The van der Waals surface area contributed by atoms with E-state index in [1.165, 1.54) is 78.6 Å². The lowest BCUT2D eigenvalue weighted by molar-refractivity contribution is -0.272. The predicted octanol–water partition coefficient (Wildman–Crippen LogP) is -2.10. The molecule has 0 spiro atoms. The second-order valence-corrected chi connectivity index (χ2v) is 33.2. The molecule has 0 aliphatic carbocycles. The van der Waals surface area contributed by atoms with Gasteiger partial charge in [-0.3, -0.25) is 47.9 Å². The summed E-state index contributed by atoms with van der Waals surface area (Å²) in [6.07, 6.45) is 7.01. The lowest BCUT2D eigenvalue weighted by atomic mass is 9.97. The Bertz CT molecular complexity index is 3080. The molecule has 0 bridgehead atoms. The monoisotopic (exact) mass is 1920 g/mol. The van der Waals surface area contributed by atoms with E-state index in [1.807, 2.05) is 0 Å². The quantitative estimate of drug-likeness (QED) is 0.0290. The smallest absolute Gasteiger partial charge is 0.246 e. The van der Waals surface area contributed by atoms with Gasteiger partial charge in [0.1, 0.15) is 111 Å². The molecule has 44 heteroatoms. The summed E-state index contributed by atoms with van der Waals surface area (Å²) in [6.45, 7) is 7.13. The van der Waals surface area contributed by atoms with Crippen molar-refractivity contribution < 1.29 is 165 Å². The summed E-state index contributed by atoms with van der Waals surface area (Å²) in [5, 5.41) is 119. The van der Waals surface area contributed by atoms with Crippen LogP contribution in [0.25, 0.3) is 0 Å². The third kappa shape index (κ3) is 56.4. The Labute approximate surface area is 783 Å². The van der Waals surface area contributed by atoms with Crippen molar-refractivity contribution in [1.29, 1.82) is 0 Å². The number of aliphatic hydroxyl groups excluding tert-OH is 9. The van der Waals surface area contributed by atoms with Crippen LogP contribution in [0.15, 0.2) is 0 Å². The standard InChI is InChI=1S/C89H164N10O34/c1-6-8-10-12-13-14-15-16-17-18-19-20-22-33-71(106)90-34-27-23-30-65(84(116)93-37-26-21-11-9-7-2)98-86(118)67(32-25-29-36-92-73(108)60-126-48-45-120-39-42-123-51-54-129-88-76(95-63(4)104)82(114)79(111)69(57-101)132-88)99-85(117)66(97-74(109)61-127-49-46-121-40-43-124-52-55-130-89-77(96-64(5)105)83(115)80(112)70(58-102)133-89)31-24-28-35-91-72(107)59-125-47-44-119-38-41-122-50-53-128-87-75(94-62(3)103)81(113)78(110)68(56-100)131-87/h65-70,75-83,87-89,100-102,110-115H,6-61H2,1-5H3,(H,90,106)(H,91,107)(H,92,108)(H,93,116)(H,94,103)(H,95,104)(H,96,105)(H,97,109)(H,98,118)(H,99,117)/t65-,66-,67-,68+,69+,70+,75+,76+,77+,78-,79-,80-,81+,82+,83+,87+,88+,89+/m0/s1. The van der Waals surface area contributed by atoms with Crippen LogP contribution in [0.1, 0.15) is 214 Å². The molecule has 3 saturated heterocycles. The van der Waals surface area contributed by atoms with Crippen LogP contribution in [0.2, 0.25) is 0 Å². The summed E-state index contributed by atoms with van der Waals surface area (Å²) >= 11 is 0. The summed E-state index contributed by atoms with van der Waals surface area (Å²) in [5.41, 5.74) is 0. The molecule has 0 radical (unpaired) electrons.